The molecule has 1 aliphatic heterocycles. The van der Waals surface area contributed by atoms with Crippen LogP contribution >= 0.6 is 11.8 Å². The van der Waals surface area contributed by atoms with E-state index in [1.807, 2.05) is 74.5 Å². The smallest absolute Gasteiger partial charge is 0.293 e. The number of benzene rings is 4. The topological polar surface area (TPSA) is 75.7 Å². The third kappa shape index (κ3) is 5.63. The minimum absolute atomic E-state index is 0.125. The summed E-state index contributed by atoms with van der Waals surface area (Å²) in [4.78, 5) is 39.5. The Morgan fingerprint density at radius 3 is 2.47 bits per heavy atom. The van der Waals surface area contributed by atoms with Gasteiger partial charge in [-0.3, -0.25) is 19.3 Å². The number of fused-ring (bicyclic) bond motifs is 1. The Balaban J connectivity index is 1.19. The number of anilines is 1. The van der Waals surface area contributed by atoms with Gasteiger partial charge in [-0.15, -0.1) is 0 Å². The first-order valence-corrected chi connectivity index (χ1v) is 13.0. The molecule has 0 atom stereocenters. The molecule has 6 nitrogen and oxygen atoms in total. The van der Waals surface area contributed by atoms with E-state index in [1.165, 1.54) is 4.90 Å². The van der Waals surface area contributed by atoms with Gasteiger partial charge >= 0.3 is 0 Å². The molecule has 4 aromatic carbocycles. The van der Waals surface area contributed by atoms with Gasteiger partial charge in [0.15, 0.2) is 6.61 Å². The summed E-state index contributed by atoms with van der Waals surface area (Å²) >= 11 is 0.935. The van der Waals surface area contributed by atoms with Crippen molar-refractivity contribution < 1.29 is 19.1 Å². The highest BCUT2D eigenvalue weighted by Gasteiger charge is 2.35. The van der Waals surface area contributed by atoms with E-state index in [4.69, 9.17) is 4.74 Å². The monoisotopic (exact) mass is 522 g/mol. The zero-order valence-corrected chi connectivity index (χ0v) is 21.9. The van der Waals surface area contributed by atoms with Gasteiger partial charge in [0.05, 0.1) is 11.4 Å². The van der Waals surface area contributed by atoms with Crippen molar-refractivity contribution in [3.05, 3.63) is 112 Å². The van der Waals surface area contributed by atoms with Gasteiger partial charge in [-0.05, 0) is 89.0 Å². The molecule has 1 saturated heterocycles. The van der Waals surface area contributed by atoms with E-state index in [9.17, 15) is 14.4 Å². The van der Waals surface area contributed by atoms with Gasteiger partial charge in [0.25, 0.3) is 17.1 Å². The molecule has 38 heavy (non-hydrogen) atoms. The summed E-state index contributed by atoms with van der Waals surface area (Å²) in [6.07, 6.45) is 1.70. The van der Waals surface area contributed by atoms with Gasteiger partial charge in [-0.2, -0.15) is 0 Å². The van der Waals surface area contributed by atoms with Crippen molar-refractivity contribution in [3.63, 3.8) is 0 Å². The van der Waals surface area contributed by atoms with Crippen LogP contribution in [0, 0.1) is 13.8 Å². The SMILES string of the molecule is Cc1cccc(NC(=O)COc2ccc(/C=C3\SC(=O)N(Cc4ccc5ccccc5c4)C3=O)cc2)c1C. The number of nitrogens with one attached hydrogen (secondary N) is 1. The Kier molecular flexibility index (Phi) is 7.29. The summed E-state index contributed by atoms with van der Waals surface area (Å²) in [7, 11) is 0. The lowest BCUT2D eigenvalue weighted by atomic mass is 10.1. The Hall–Kier alpha value is -4.36. The molecule has 3 amide bonds. The van der Waals surface area contributed by atoms with E-state index in [-0.39, 0.29) is 30.2 Å². The zero-order chi connectivity index (χ0) is 26.6. The number of rotatable bonds is 7. The Morgan fingerprint density at radius 2 is 1.68 bits per heavy atom. The van der Waals surface area contributed by atoms with Crippen molar-refractivity contribution in [2.24, 2.45) is 0 Å². The lowest BCUT2D eigenvalue weighted by Gasteiger charge is -2.13. The summed E-state index contributed by atoms with van der Waals surface area (Å²) in [6.45, 7) is 4.06. The van der Waals surface area contributed by atoms with Gasteiger partial charge < -0.3 is 10.1 Å². The average molecular weight is 523 g/mol. The molecule has 4 aromatic rings. The number of hydrogen-bond donors (Lipinski definition) is 1. The molecule has 7 heteroatoms. The Bertz CT molecular complexity index is 1580. The molecular weight excluding hydrogens is 496 g/mol. The van der Waals surface area contributed by atoms with Crippen LogP contribution in [0.25, 0.3) is 16.8 Å². The van der Waals surface area contributed by atoms with Gasteiger partial charge in [-0.1, -0.05) is 60.7 Å². The van der Waals surface area contributed by atoms with Crippen molar-refractivity contribution in [1.82, 2.24) is 4.90 Å². The highest BCUT2D eigenvalue weighted by Crippen LogP contribution is 2.34. The van der Waals surface area contributed by atoms with E-state index >= 15 is 0 Å². The third-order valence-electron chi connectivity index (χ3n) is 6.45. The second-order valence-corrected chi connectivity index (χ2v) is 10.1. The fraction of sp³-hybridized carbons (Fsp3) is 0.129. The van der Waals surface area contributed by atoms with E-state index < -0.39 is 0 Å². The van der Waals surface area contributed by atoms with E-state index in [1.54, 1.807) is 30.3 Å². The van der Waals surface area contributed by atoms with Crippen LogP contribution in [0.3, 0.4) is 0 Å². The molecule has 0 aromatic heterocycles. The van der Waals surface area contributed by atoms with E-state index in [0.29, 0.717) is 10.7 Å². The molecule has 1 fully saturated rings. The van der Waals surface area contributed by atoms with Crippen LogP contribution < -0.4 is 10.1 Å². The Morgan fingerprint density at radius 1 is 0.921 bits per heavy atom. The van der Waals surface area contributed by atoms with Gasteiger partial charge in [0.1, 0.15) is 5.75 Å². The number of thioether (sulfide) groups is 1. The summed E-state index contributed by atoms with van der Waals surface area (Å²) < 4.78 is 5.62. The van der Waals surface area contributed by atoms with Crippen LogP contribution in [-0.4, -0.2) is 28.6 Å². The lowest BCUT2D eigenvalue weighted by molar-refractivity contribution is -0.123. The van der Waals surface area contributed by atoms with Crippen molar-refractivity contribution in [2.45, 2.75) is 20.4 Å². The molecule has 0 radical (unpaired) electrons. The largest absolute Gasteiger partial charge is 0.484 e. The van der Waals surface area contributed by atoms with Crippen LogP contribution in [0.2, 0.25) is 0 Å². The van der Waals surface area contributed by atoms with Crippen molar-refractivity contribution in [1.29, 1.82) is 0 Å². The molecule has 0 saturated carbocycles. The first-order chi connectivity index (χ1) is 18.4. The summed E-state index contributed by atoms with van der Waals surface area (Å²) in [5.74, 6) is -0.0258. The fourth-order valence-electron chi connectivity index (χ4n) is 4.19. The Labute approximate surface area is 225 Å². The molecular formula is C31H26N2O4S. The standard InChI is InChI=1S/C31H26N2O4S/c1-20-6-5-9-27(21(20)2)32-29(34)19-37-26-14-11-22(12-15-26)17-28-30(35)33(31(36)38-28)18-23-10-13-24-7-3-4-8-25(24)16-23/h3-17H,18-19H2,1-2H3,(H,32,34)/b28-17-. The molecule has 1 N–H and O–H groups in total. The summed E-state index contributed by atoms with van der Waals surface area (Å²) in [6, 6.07) is 26.7. The predicted molar refractivity (Wildman–Crippen MR) is 152 cm³/mol. The van der Waals surface area contributed by atoms with Gasteiger partial charge in [0, 0.05) is 5.69 Å². The number of carbonyl (C=O) groups is 3. The minimum Gasteiger partial charge on any atom is -0.484 e. The van der Waals surface area contributed by atoms with Crippen LogP contribution in [0.4, 0.5) is 10.5 Å². The first kappa shape index (κ1) is 25.3. The van der Waals surface area contributed by atoms with Crippen LogP contribution in [-0.2, 0) is 16.1 Å². The zero-order valence-electron chi connectivity index (χ0n) is 21.1. The number of ether oxygens (including phenoxy) is 1. The van der Waals surface area contributed by atoms with Crippen molar-refractivity contribution >= 4 is 51.4 Å². The molecule has 1 aliphatic rings. The molecule has 0 bridgehead atoms. The second-order valence-electron chi connectivity index (χ2n) is 9.10. The maximum Gasteiger partial charge on any atom is 0.293 e. The molecule has 1 heterocycles. The van der Waals surface area contributed by atoms with Crippen LogP contribution in [0.15, 0.2) is 89.8 Å². The number of nitrogens with zero attached hydrogens (tertiary/aromatic N) is 1. The molecule has 5 rings (SSSR count). The molecule has 0 spiro atoms. The predicted octanol–water partition coefficient (Wildman–Crippen LogP) is 6.71. The highest BCUT2D eigenvalue weighted by atomic mass is 32.2. The number of aryl methyl sites for hydroxylation is 1. The maximum atomic E-state index is 13.0. The van der Waals surface area contributed by atoms with Crippen LogP contribution in [0.5, 0.6) is 5.75 Å². The summed E-state index contributed by atoms with van der Waals surface area (Å²) in [5.41, 5.74) is 4.55. The van der Waals surface area contributed by atoms with Crippen molar-refractivity contribution in [3.8, 4) is 5.75 Å². The molecule has 0 unspecified atom stereocenters. The molecule has 190 valence electrons. The average Bonchev–Trinajstić information content (AvgIpc) is 3.18. The normalized spacial score (nSPS) is 14.4. The number of amides is 3. The number of imide groups is 1. The van der Waals surface area contributed by atoms with Gasteiger partial charge in [0.2, 0.25) is 0 Å². The van der Waals surface area contributed by atoms with E-state index in [2.05, 4.69) is 5.32 Å². The van der Waals surface area contributed by atoms with Crippen LogP contribution in [0.1, 0.15) is 22.3 Å². The van der Waals surface area contributed by atoms with E-state index in [0.717, 1.165) is 50.5 Å². The maximum absolute atomic E-state index is 13.0. The quantitative estimate of drug-likeness (QED) is 0.273. The fourth-order valence-corrected chi connectivity index (χ4v) is 5.03. The lowest BCUT2D eigenvalue weighted by Crippen LogP contribution is -2.27. The number of carbonyl (C=O) groups excluding carboxylic acids is 3. The number of hydrogen-bond acceptors (Lipinski definition) is 5. The van der Waals surface area contributed by atoms with Crippen molar-refractivity contribution in [2.75, 3.05) is 11.9 Å². The first-order valence-electron chi connectivity index (χ1n) is 12.2. The highest BCUT2D eigenvalue weighted by molar-refractivity contribution is 8.18. The minimum atomic E-state index is -0.309. The third-order valence-corrected chi connectivity index (χ3v) is 7.36. The second kappa shape index (κ2) is 10.9. The molecule has 0 aliphatic carbocycles. The summed E-state index contributed by atoms with van der Waals surface area (Å²) in [5, 5.41) is 4.76. The van der Waals surface area contributed by atoms with Gasteiger partial charge in [-0.25, -0.2) is 0 Å².